The summed E-state index contributed by atoms with van der Waals surface area (Å²) in [6.45, 7) is 0.912. The number of fused-ring (bicyclic) bond motifs is 4. The number of rotatable bonds is 24. The average molecular weight is 1820 g/mol. The van der Waals surface area contributed by atoms with E-state index in [-0.39, 0.29) is 103 Å². The lowest BCUT2D eigenvalue weighted by Gasteiger charge is -2.32. The number of nitrogens with one attached hydrogen (secondary N) is 15. The van der Waals surface area contributed by atoms with Gasteiger partial charge in [0.15, 0.2) is 11.7 Å². The molecular weight excluding hydrogens is 1700 g/mol. The van der Waals surface area contributed by atoms with E-state index in [1.165, 1.54) is 52.6 Å². The third-order valence-corrected chi connectivity index (χ3v) is 24.5. The van der Waals surface area contributed by atoms with Crippen LogP contribution in [0.3, 0.4) is 0 Å². The quantitative estimate of drug-likeness (QED) is 0.0173. The second-order valence-electron chi connectivity index (χ2n) is 32.7. The molecule has 0 radical (unpaired) electrons. The van der Waals surface area contributed by atoms with Gasteiger partial charge in [0.1, 0.15) is 66.2 Å². The van der Waals surface area contributed by atoms with Gasteiger partial charge < -0.3 is 120 Å². The van der Waals surface area contributed by atoms with Crippen molar-refractivity contribution in [1.29, 1.82) is 5.41 Å². The number of para-hydroxylation sites is 2. The molecule has 130 heavy (non-hydrogen) atoms. The summed E-state index contributed by atoms with van der Waals surface area (Å²) in [5, 5.41) is 48.6. The number of H-pyrrole nitrogens is 3. The Kier molecular flexibility index (Phi) is 37.5. The number of carboxylic acid groups (broad SMARTS) is 1. The van der Waals surface area contributed by atoms with Crippen molar-refractivity contribution in [2.75, 3.05) is 79.0 Å². The highest BCUT2D eigenvalue weighted by atomic mass is 32.2. The van der Waals surface area contributed by atoms with Gasteiger partial charge in [-0.25, -0.2) is 4.98 Å². The first-order chi connectivity index (χ1) is 62.2. The van der Waals surface area contributed by atoms with Crippen molar-refractivity contribution in [2.45, 2.75) is 189 Å². The Morgan fingerprint density at radius 1 is 0.600 bits per heavy atom. The second-order valence-corrected chi connectivity index (χ2v) is 33.7. The number of thioether (sulfide) groups is 1. The number of likely N-dealkylation sites (N-methyl/N-ethyl adjacent to an activating group) is 3. The number of carboxylic acids is 1. The van der Waals surface area contributed by atoms with Crippen LogP contribution in [0.2, 0.25) is 0 Å². The third kappa shape index (κ3) is 28.3. The van der Waals surface area contributed by atoms with Gasteiger partial charge in [-0.1, -0.05) is 74.7 Å². The van der Waals surface area contributed by atoms with Crippen LogP contribution in [0, 0.1) is 17.2 Å². The zero-order valence-electron chi connectivity index (χ0n) is 73.6. The summed E-state index contributed by atoms with van der Waals surface area (Å²) >= 11 is 0.805. The molecule has 3 unspecified atom stereocenters. The van der Waals surface area contributed by atoms with Crippen molar-refractivity contribution in [1.82, 2.24) is 98.0 Å². The molecule has 2 aliphatic heterocycles. The van der Waals surface area contributed by atoms with Crippen LogP contribution in [0.1, 0.15) is 120 Å². The fourth-order valence-corrected chi connectivity index (χ4v) is 17.0. The normalized spacial score (nSPS) is 24.0. The van der Waals surface area contributed by atoms with Gasteiger partial charge in [0.05, 0.1) is 44.9 Å². The minimum Gasteiger partial charge on any atom is -0.497 e. The number of methoxy groups -OCH3 is 1. The van der Waals surface area contributed by atoms with Crippen LogP contribution in [-0.2, 0) is 107 Å². The van der Waals surface area contributed by atoms with Crippen LogP contribution in [0.15, 0.2) is 97.7 Å². The molecule has 9 rings (SSSR count). The maximum Gasteiger partial charge on any atom is 0.303 e. The molecule has 3 fully saturated rings. The van der Waals surface area contributed by atoms with E-state index in [4.69, 9.17) is 27.3 Å². The minimum absolute atomic E-state index is 0.00810. The Morgan fingerprint density at radius 2 is 1.19 bits per heavy atom. The number of ether oxygens (including phenoxy) is 1. The van der Waals surface area contributed by atoms with E-state index in [1.54, 1.807) is 85.2 Å². The van der Waals surface area contributed by atoms with E-state index >= 15 is 24.0 Å². The molecule has 22 N–H and O–H groups in total. The Morgan fingerprint density at radius 3 is 1.82 bits per heavy atom. The lowest BCUT2D eigenvalue weighted by Crippen LogP contribution is -2.59. The van der Waals surface area contributed by atoms with E-state index in [2.05, 4.69) is 78.4 Å². The molecule has 3 aromatic carbocycles. The largest absolute Gasteiger partial charge is 0.497 e. The van der Waals surface area contributed by atoms with Gasteiger partial charge in [0.2, 0.25) is 88.6 Å². The molecule has 42 nitrogen and oxygen atoms in total. The van der Waals surface area contributed by atoms with Gasteiger partial charge >= 0.3 is 5.97 Å². The number of carbonyl (C=O) groups excluding carboxylic acids is 16. The molecule has 0 bridgehead atoms. The van der Waals surface area contributed by atoms with E-state index in [0.717, 1.165) is 26.5 Å². The summed E-state index contributed by atoms with van der Waals surface area (Å²) in [5.74, 6) is -18.1. The fourth-order valence-electron chi connectivity index (χ4n) is 16.1. The average Bonchev–Trinajstić information content (AvgIpc) is 1.64. The van der Waals surface area contributed by atoms with Crippen molar-refractivity contribution >= 4 is 140 Å². The predicted molar refractivity (Wildman–Crippen MR) is 477 cm³/mol. The number of hydrogen-bond donors (Lipinski definition) is 19. The number of carbonyl (C=O) groups is 17. The van der Waals surface area contributed by atoms with E-state index in [0.29, 0.717) is 62.8 Å². The first kappa shape index (κ1) is 100. The molecule has 3 aromatic heterocycles. The topological polar surface area (TPSA) is 627 Å². The zero-order valence-corrected chi connectivity index (χ0v) is 74.4. The van der Waals surface area contributed by atoms with Crippen LogP contribution < -0.4 is 80.4 Å². The standard InChI is InChI=1S/C87H119N23O19S/c1-7-8-23-68-83(125)102-61(22-14-33-93-87(90)91)79(121)106-67(78(120)96-42-70(89)111)45-130-46-71(112)99-65(35-49-25-27-53(129-6)28-26-49)86(128)108(4)48(2)76(118)97-43-72(113)110-34-15-24-69(110)84(126)104-64(38-52-41-92-47-98-52)82(124)100-60(29-30-74(115)116)75(117)56-18-13-19-57(56)77(119)103-63(36-50-39-94-58-20-11-9-16-54(50)58)81(123)101-62(31-32-88)80(122)105-66(85(127)107(3)44-73(114)109(68)5)37-51-40-95-59-21-12-10-17-55(51)59/h9-12,16-17,20-21,25-28,39-41,47-48,56-57,60-69,94-95H,7-8,13-15,18-19,22-24,29-38,42-46,88H2,1-6H3,(H2,89,111)(H,92,98)(H,96,120)(H,97,118)(H,99,112)(H,100,124)(H,101,123)(H,102,125)(H,103,119)(H,104,126)(H,105,122)(H,106,121)(H,115,116)(H4,90,91,93)/t48-,56?,57?,60-,61-,62-,63-,64-,65-,66-,67-,68-,69?/m0/s1. The number of Topliss-reactive ketones (excluding diaryl/α,β-unsaturated/α-hetero) is 1. The number of benzene rings is 3. The summed E-state index contributed by atoms with van der Waals surface area (Å²) in [7, 11) is 5.37. The number of nitrogens with two attached hydrogens (primary N) is 3. The summed E-state index contributed by atoms with van der Waals surface area (Å²) in [5.41, 5.74) is 20.5. The van der Waals surface area contributed by atoms with Crippen molar-refractivity contribution in [2.24, 2.45) is 29.0 Å². The summed E-state index contributed by atoms with van der Waals surface area (Å²) in [6, 6.07) is 4.72. The highest BCUT2D eigenvalue weighted by Crippen LogP contribution is 2.35. The summed E-state index contributed by atoms with van der Waals surface area (Å²) in [6.07, 6.45) is 5.31. The van der Waals surface area contributed by atoms with Gasteiger partial charge in [0, 0.05) is 130 Å². The Bertz CT molecular complexity index is 5050. The molecule has 702 valence electrons. The first-order valence-corrected chi connectivity index (χ1v) is 44.5. The Hall–Kier alpha value is -13.5. The number of primary amides is 1. The third-order valence-electron chi connectivity index (χ3n) is 23.4. The number of imidazole rings is 1. The molecule has 3 aliphatic rings. The number of hydrogen-bond acceptors (Lipinski definition) is 22. The van der Waals surface area contributed by atoms with Crippen LogP contribution in [0.25, 0.3) is 21.8 Å². The molecule has 2 saturated heterocycles. The lowest BCUT2D eigenvalue weighted by atomic mass is 9.85. The van der Waals surface area contributed by atoms with Crippen LogP contribution >= 0.6 is 11.8 Å². The maximum absolute atomic E-state index is 15.3. The molecule has 1 saturated carbocycles. The summed E-state index contributed by atoms with van der Waals surface area (Å²) < 4.78 is 5.34. The number of unbranched alkanes of at least 4 members (excludes halogenated alkanes) is 1. The van der Waals surface area contributed by atoms with Gasteiger partial charge in [0.25, 0.3) is 0 Å². The van der Waals surface area contributed by atoms with Gasteiger partial charge in [-0.05, 0) is 112 Å². The smallest absolute Gasteiger partial charge is 0.303 e. The number of aromatic amines is 3. The van der Waals surface area contributed by atoms with E-state index in [1.807, 2.05) is 6.92 Å². The van der Waals surface area contributed by atoms with Gasteiger partial charge in [-0.15, -0.1) is 11.8 Å². The van der Waals surface area contributed by atoms with Gasteiger partial charge in [-0.2, -0.15) is 0 Å². The Balaban J connectivity index is 1.06. The van der Waals surface area contributed by atoms with Crippen molar-refractivity contribution in [3.05, 3.63) is 120 Å². The lowest BCUT2D eigenvalue weighted by molar-refractivity contribution is -0.145. The number of aromatic nitrogens is 4. The molecule has 15 amide bonds. The van der Waals surface area contributed by atoms with E-state index in [9.17, 15) is 62.6 Å². The SMILES string of the molecule is CCCC[C@H]1C(=O)N[C@@H](CCCNC(=N)N)C(=O)N[C@H](C(=O)NCC(N)=O)CSCC(=O)N[C@@H](Cc2ccc(OC)cc2)C(=O)N(C)[C@@H](C)C(=O)NCC(=O)N2CCCC2C(=O)N[C@@H](Cc2cnc[nH]2)C(=O)N[C@@H](CCC(=O)O)C(=O)C2CCCC2C(=O)N[C@@H](Cc2c[nH]c3ccccc23)C(=O)N[C@@H](CCN)C(=O)N[C@@H](Cc2c[nH]c3ccccc23)C(=O)N(C)CC(=O)N1C. The minimum atomic E-state index is -1.59. The first-order valence-electron chi connectivity index (χ1n) is 43.3. The molecule has 0 spiro atoms. The summed E-state index contributed by atoms with van der Waals surface area (Å²) in [4.78, 5) is 264. The monoisotopic (exact) mass is 1820 g/mol. The highest BCUT2D eigenvalue weighted by Gasteiger charge is 2.45. The van der Waals surface area contributed by atoms with E-state index < -0.39 is 229 Å². The van der Waals surface area contributed by atoms with Gasteiger partial charge in [-0.3, -0.25) is 86.9 Å². The second kappa shape index (κ2) is 48.6. The number of nitrogens with zero attached hydrogens (tertiary/aromatic N) is 5. The van der Waals surface area contributed by atoms with Crippen LogP contribution in [0.5, 0.6) is 5.75 Å². The number of guanidine groups is 1. The van der Waals surface area contributed by atoms with Crippen LogP contribution in [-0.4, -0.2) is 296 Å². The van der Waals surface area contributed by atoms with Crippen LogP contribution in [0.4, 0.5) is 0 Å². The van der Waals surface area contributed by atoms with Crippen molar-refractivity contribution < 1.29 is 91.4 Å². The maximum atomic E-state index is 15.3. The molecule has 6 aromatic rings. The zero-order chi connectivity index (χ0) is 94.4. The molecular formula is C87H119N23O19S. The molecule has 43 heteroatoms. The molecule has 13 atom stereocenters. The molecule has 5 heterocycles. The number of aliphatic carboxylic acids is 1. The van der Waals surface area contributed by atoms with Crippen molar-refractivity contribution in [3.8, 4) is 5.75 Å². The fraction of sp³-hybridized carbons (Fsp3) is 0.506. The number of amides is 15. The molecule has 1 aliphatic carbocycles. The Labute approximate surface area is 754 Å². The predicted octanol–water partition coefficient (Wildman–Crippen LogP) is -2.23. The van der Waals surface area contributed by atoms with Crippen molar-refractivity contribution in [3.63, 3.8) is 0 Å². The highest BCUT2D eigenvalue weighted by molar-refractivity contribution is 8.00. The number of ketones is 1.